The summed E-state index contributed by atoms with van der Waals surface area (Å²) in [5.74, 6) is 0.482. The maximum Gasteiger partial charge on any atom is 0.323 e. The number of nitrogens with zero attached hydrogens (tertiary/aromatic N) is 5. The Morgan fingerprint density at radius 1 is 0.517 bits per heavy atom. The number of methoxy groups -OCH3 is 1. The number of benzodiazepines with no additional fused rings is 2. The fourth-order valence-electron chi connectivity index (χ4n) is 10.9. The van der Waals surface area contributed by atoms with E-state index in [1.54, 1.807) is 86.5 Å². The molecular formula is C72H68Cl2N10O5. The van der Waals surface area contributed by atoms with E-state index in [2.05, 4.69) is 101 Å². The number of carbonyl (C=O) groups excluding carboxylic acids is 4. The summed E-state index contributed by atoms with van der Waals surface area (Å²) >= 11 is 13.0. The van der Waals surface area contributed by atoms with Crippen molar-refractivity contribution >= 4 is 92.6 Å². The van der Waals surface area contributed by atoms with E-state index >= 15 is 0 Å². The average molecular weight is 1220 g/mol. The molecule has 0 bridgehead atoms. The Morgan fingerprint density at radius 2 is 0.989 bits per heavy atom. The number of amides is 6. The molecule has 0 saturated heterocycles. The molecule has 450 valence electrons. The second-order valence-corrected chi connectivity index (χ2v) is 22.3. The summed E-state index contributed by atoms with van der Waals surface area (Å²) in [4.78, 5) is 73.0. The molecule has 2 unspecified atom stereocenters. The van der Waals surface area contributed by atoms with Gasteiger partial charge in [-0.2, -0.15) is 0 Å². The lowest BCUT2D eigenvalue weighted by Gasteiger charge is -2.26. The number of anilines is 6. The van der Waals surface area contributed by atoms with Crippen molar-refractivity contribution in [1.82, 2.24) is 9.97 Å². The molecule has 0 fully saturated rings. The number of pyridine rings is 2. The standard InChI is InChI=1S/C40H38ClN5O3.C32H30ClN5O2/c1-4-28-11-8-27(21-29(28)5-2)22-36-39(47)46(25-26-9-17-34(49-3)18-10-26)37-19-14-31(41)23-35(37)38(45-36)30-12-15-32(16-13-30)43-40(48)44-33-7-6-20-42-24-33;1-3-21-8-7-20(16-22(21)4-2)17-29-31(39)38-28-14-11-24(33)18-27(28)30(37-29)23-9-12-25(13-10-23)35-32(40)36-26-6-5-15-34-19-26/h6-21,23-24,36H,4-5,22,25H2,1-3H3,(H2,43,44,48);5-16,18-19,29H,3-4,17H2,1-2H3,(H,38,39)(H2,35,36,40). The predicted octanol–water partition coefficient (Wildman–Crippen LogP) is 15.4. The molecule has 0 spiro atoms. The van der Waals surface area contributed by atoms with Crippen molar-refractivity contribution in [2.24, 2.45) is 9.98 Å². The zero-order chi connectivity index (χ0) is 62.4. The minimum Gasteiger partial charge on any atom is -0.497 e. The first-order valence-electron chi connectivity index (χ1n) is 29.7. The molecule has 2 atom stereocenters. The van der Waals surface area contributed by atoms with Crippen molar-refractivity contribution in [3.8, 4) is 5.75 Å². The van der Waals surface area contributed by atoms with Gasteiger partial charge in [-0.3, -0.25) is 29.5 Å². The van der Waals surface area contributed by atoms with Crippen LogP contribution in [0.1, 0.15) is 88.9 Å². The quantitative estimate of drug-likeness (QED) is 0.0599. The number of rotatable bonds is 17. The number of aryl methyl sites for hydroxylation is 4. The van der Waals surface area contributed by atoms with E-state index in [0.717, 1.165) is 76.1 Å². The monoisotopic (exact) mass is 1220 g/mol. The average Bonchev–Trinajstić information content (AvgIpc) is 2.44. The van der Waals surface area contributed by atoms with Gasteiger partial charge < -0.3 is 36.2 Å². The summed E-state index contributed by atoms with van der Waals surface area (Å²) in [6, 6.07) is 51.3. The van der Waals surface area contributed by atoms with Gasteiger partial charge in [0.05, 0.1) is 60.2 Å². The Kier molecular flexibility index (Phi) is 20.3. The van der Waals surface area contributed by atoms with Gasteiger partial charge in [-0.05, 0) is 162 Å². The van der Waals surface area contributed by atoms with Crippen molar-refractivity contribution < 1.29 is 23.9 Å². The van der Waals surface area contributed by atoms with Gasteiger partial charge in [0.15, 0.2) is 0 Å². The van der Waals surface area contributed by atoms with Crippen LogP contribution in [0.2, 0.25) is 10.0 Å². The summed E-state index contributed by atoms with van der Waals surface area (Å²) in [5, 5.41) is 15.3. The molecule has 0 radical (unpaired) electrons. The van der Waals surface area contributed by atoms with Crippen molar-refractivity contribution in [2.75, 3.05) is 38.6 Å². The van der Waals surface area contributed by atoms with Gasteiger partial charge in [0.2, 0.25) is 5.91 Å². The second kappa shape index (κ2) is 29.2. The first-order chi connectivity index (χ1) is 43.3. The summed E-state index contributed by atoms with van der Waals surface area (Å²) in [7, 11) is 1.63. The molecule has 6 amide bonds. The molecule has 2 aromatic heterocycles. The van der Waals surface area contributed by atoms with Gasteiger partial charge in [-0.25, -0.2) is 9.59 Å². The third kappa shape index (κ3) is 15.6. The van der Waals surface area contributed by atoms with Crippen LogP contribution in [-0.2, 0) is 54.7 Å². The Bertz CT molecular complexity index is 4070. The van der Waals surface area contributed by atoms with Gasteiger partial charge in [-0.15, -0.1) is 0 Å². The fraction of sp³-hybridized carbons (Fsp3) is 0.194. The number of hydrogen-bond acceptors (Lipinski definition) is 9. The van der Waals surface area contributed by atoms with E-state index in [0.29, 0.717) is 69.3 Å². The van der Waals surface area contributed by atoms with E-state index in [1.165, 1.54) is 22.3 Å². The fourth-order valence-corrected chi connectivity index (χ4v) is 11.3. The Balaban J connectivity index is 0.000000200. The van der Waals surface area contributed by atoms with Crippen LogP contribution in [0.25, 0.3) is 0 Å². The van der Waals surface area contributed by atoms with E-state index in [1.807, 2.05) is 83.8 Å². The highest BCUT2D eigenvalue weighted by Crippen LogP contribution is 2.35. The van der Waals surface area contributed by atoms with Crippen LogP contribution >= 0.6 is 23.2 Å². The lowest BCUT2D eigenvalue weighted by molar-refractivity contribution is -0.120. The SMILES string of the molecule is CCc1ccc(CC2N=C(c3ccc(NC(=O)Nc4cccnc4)cc3)c3cc(Cl)ccc3N(Cc3ccc(OC)cc3)C2=O)cc1CC.CCc1ccc(CC2N=C(c3ccc(NC(=O)Nc4cccnc4)cc3)c3cc(Cl)ccc3NC2=O)cc1CC. The molecule has 9 aromatic rings. The Hall–Kier alpha value is -9.96. The summed E-state index contributed by atoms with van der Waals surface area (Å²) < 4.78 is 5.36. The third-order valence-electron chi connectivity index (χ3n) is 15.5. The highest BCUT2D eigenvalue weighted by molar-refractivity contribution is 6.32. The number of nitrogens with one attached hydrogen (secondary N) is 5. The number of urea groups is 2. The lowest BCUT2D eigenvalue weighted by atomic mass is 9.96. The zero-order valence-electron chi connectivity index (χ0n) is 50.1. The molecule has 89 heavy (non-hydrogen) atoms. The smallest absolute Gasteiger partial charge is 0.323 e. The van der Waals surface area contributed by atoms with Gasteiger partial charge in [0.25, 0.3) is 5.91 Å². The minimum atomic E-state index is -0.695. The van der Waals surface area contributed by atoms with Crippen LogP contribution in [0, 0.1) is 0 Å². The molecule has 7 aromatic carbocycles. The van der Waals surface area contributed by atoms with Crippen LogP contribution in [0.5, 0.6) is 5.75 Å². The molecule has 2 aliphatic rings. The van der Waals surface area contributed by atoms with Crippen molar-refractivity contribution in [3.05, 3.63) is 266 Å². The maximum absolute atomic E-state index is 14.6. The number of carbonyl (C=O) groups is 4. The Labute approximate surface area is 528 Å². The Morgan fingerprint density at radius 3 is 1.49 bits per heavy atom. The molecule has 0 saturated carbocycles. The van der Waals surface area contributed by atoms with E-state index in [9.17, 15) is 19.2 Å². The number of hydrogen-bond donors (Lipinski definition) is 5. The molecule has 5 N–H and O–H groups in total. The van der Waals surface area contributed by atoms with Crippen LogP contribution in [0.15, 0.2) is 205 Å². The molecule has 15 nitrogen and oxygen atoms in total. The highest BCUT2D eigenvalue weighted by Gasteiger charge is 2.33. The van der Waals surface area contributed by atoms with Gasteiger partial charge in [0, 0.05) is 68.9 Å². The van der Waals surface area contributed by atoms with Crippen LogP contribution in [0.3, 0.4) is 0 Å². The van der Waals surface area contributed by atoms with Crippen molar-refractivity contribution in [2.45, 2.75) is 84.8 Å². The number of fused-ring (bicyclic) bond motifs is 2. The molecule has 4 heterocycles. The maximum atomic E-state index is 14.6. The van der Waals surface area contributed by atoms with Crippen molar-refractivity contribution in [3.63, 3.8) is 0 Å². The number of ether oxygens (including phenoxy) is 1. The van der Waals surface area contributed by atoms with Gasteiger partial charge in [0.1, 0.15) is 17.8 Å². The van der Waals surface area contributed by atoms with Crippen LogP contribution < -0.4 is 36.2 Å². The van der Waals surface area contributed by atoms with E-state index < -0.39 is 12.1 Å². The summed E-state index contributed by atoms with van der Waals surface area (Å²) in [6.07, 6.45) is 11.1. The predicted molar refractivity (Wildman–Crippen MR) is 359 cm³/mol. The van der Waals surface area contributed by atoms with E-state index in [4.69, 9.17) is 37.9 Å². The molecule has 17 heteroatoms. The van der Waals surface area contributed by atoms with Crippen LogP contribution in [0.4, 0.5) is 43.7 Å². The molecule has 0 aliphatic carbocycles. The molecular weight excluding hydrogens is 1160 g/mol. The number of aliphatic imine (C=N–C) groups is 2. The first kappa shape index (κ1) is 62.1. The lowest BCUT2D eigenvalue weighted by Crippen LogP contribution is -2.38. The van der Waals surface area contributed by atoms with E-state index in [-0.39, 0.29) is 23.9 Å². The molecule has 11 rings (SSSR count). The number of halogens is 2. The molecule has 2 aliphatic heterocycles. The third-order valence-corrected chi connectivity index (χ3v) is 16.0. The first-order valence-corrected chi connectivity index (χ1v) is 30.4. The summed E-state index contributed by atoms with van der Waals surface area (Å²) in [6.45, 7) is 8.96. The largest absolute Gasteiger partial charge is 0.497 e. The minimum absolute atomic E-state index is 0.0997. The van der Waals surface area contributed by atoms with Crippen LogP contribution in [-0.4, -0.2) is 64.5 Å². The summed E-state index contributed by atoms with van der Waals surface area (Å²) in [5.41, 5.74) is 16.5. The highest BCUT2D eigenvalue weighted by atomic mass is 35.5. The topological polar surface area (TPSA) is 191 Å². The van der Waals surface area contributed by atoms with Gasteiger partial charge in [-0.1, -0.05) is 124 Å². The zero-order valence-corrected chi connectivity index (χ0v) is 51.6. The second-order valence-electron chi connectivity index (χ2n) is 21.4. The number of benzene rings is 7. The normalized spacial score (nSPS) is 14.2. The van der Waals surface area contributed by atoms with Gasteiger partial charge >= 0.3 is 12.1 Å². The van der Waals surface area contributed by atoms with Crippen molar-refractivity contribution in [1.29, 1.82) is 0 Å². The number of aromatic nitrogens is 2.